The summed E-state index contributed by atoms with van der Waals surface area (Å²) in [4.78, 5) is 4.17. The van der Waals surface area contributed by atoms with Gasteiger partial charge in [-0.05, 0) is 94.2 Å². The number of hydrogen-bond acceptors (Lipinski definition) is 5. The fourth-order valence-electron chi connectivity index (χ4n) is 7.75. The Hall–Kier alpha value is -6.37. The van der Waals surface area contributed by atoms with E-state index in [2.05, 4.69) is 153 Å². The molecular formula is C45H35N5O. The molecule has 246 valence electrons. The van der Waals surface area contributed by atoms with E-state index in [0.29, 0.717) is 0 Å². The number of nitrogens with zero attached hydrogens (tertiary/aromatic N) is 2. The number of benzene rings is 5. The molecule has 3 aliphatic rings. The molecule has 6 nitrogen and oxygen atoms in total. The molecule has 0 aliphatic carbocycles. The van der Waals surface area contributed by atoms with Gasteiger partial charge < -0.3 is 19.9 Å². The Morgan fingerprint density at radius 1 is 0.686 bits per heavy atom. The standard InChI is InChI=1S/C45H35N5O/c1-2-6-33(7-3-1)43-37-18-19-41-42(44(37)51-43)36-8-4-5-9-40(36)50(41)35-16-14-32(15-17-35)39-28-38(48-45(49-39)34-22-26-47-27-23-34)31-12-10-29(11-13-31)30-20-24-46-25-21-30/h1-26,28,39,43,45,47-49H,27H2/t39?,43-,45?/m0/s1. The molecule has 10 rings (SSSR count). The fraction of sp³-hybridized carbons (Fsp3) is 0.0889. The molecule has 0 bridgehead atoms. The Bertz CT molecular complexity index is 2500. The monoisotopic (exact) mass is 661 g/mol. The van der Waals surface area contributed by atoms with E-state index in [4.69, 9.17) is 4.74 Å². The normalized spacial score (nSPS) is 19.3. The van der Waals surface area contributed by atoms with Gasteiger partial charge in [-0.3, -0.25) is 10.3 Å². The van der Waals surface area contributed by atoms with E-state index in [-0.39, 0.29) is 18.3 Å². The molecule has 3 N–H and O–H groups in total. The Labute approximate surface area is 296 Å². The molecule has 0 saturated heterocycles. The summed E-state index contributed by atoms with van der Waals surface area (Å²) in [6.45, 7) is 0.810. The third-order valence-corrected chi connectivity index (χ3v) is 10.3. The number of para-hydroxylation sites is 1. The number of pyridine rings is 1. The first-order valence-corrected chi connectivity index (χ1v) is 17.5. The van der Waals surface area contributed by atoms with Gasteiger partial charge in [0.15, 0.2) is 6.10 Å². The zero-order valence-electron chi connectivity index (χ0n) is 27.8. The van der Waals surface area contributed by atoms with Gasteiger partial charge in [0.2, 0.25) is 0 Å². The van der Waals surface area contributed by atoms with Crippen LogP contribution in [0.15, 0.2) is 170 Å². The second-order valence-electron chi connectivity index (χ2n) is 13.3. The Morgan fingerprint density at radius 3 is 2.25 bits per heavy atom. The minimum atomic E-state index is -0.0388. The van der Waals surface area contributed by atoms with Crippen molar-refractivity contribution in [1.29, 1.82) is 0 Å². The van der Waals surface area contributed by atoms with Crippen molar-refractivity contribution in [2.45, 2.75) is 18.3 Å². The van der Waals surface area contributed by atoms with Crippen molar-refractivity contribution in [2.75, 3.05) is 6.54 Å². The van der Waals surface area contributed by atoms with Crippen LogP contribution in [0.3, 0.4) is 0 Å². The van der Waals surface area contributed by atoms with Crippen molar-refractivity contribution >= 4 is 27.5 Å². The predicted molar refractivity (Wildman–Crippen MR) is 205 cm³/mol. The number of rotatable bonds is 6. The fourth-order valence-corrected chi connectivity index (χ4v) is 7.75. The molecule has 0 spiro atoms. The number of fused-ring (bicyclic) bond motifs is 5. The van der Waals surface area contributed by atoms with Crippen LogP contribution in [-0.2, 0) is 0 Å². The van der Waals surface area contributed by atoms with Gasteiger partial charge in [-0.15, -0.1) is 0 Å². The van der Waals surface area contributed by atoms with Gasteiger partial charge in [-0.2, -0.15) is 0 Å². The highest BCUT2D eigenvalue weighted by atomic mass is 16.5. The second kappa shape index (κ2) is 12.2. The average molecular weight is 662 g/mol. The maximum atomic E-state index is 6.53. The van der Waals surface area contributed by atoms with E-state index in [1.54, 1.807) is 0 Å². The Morgan fingerprint density at radius 2 is 1.45 bits per heavy atom. The molecule has 51 heavy (non-hydrogen) atoms. The van der Waals surface area contributed by atoms with Crippen LogP contribution in [-0.4, -0.2) is 22.3 Å². The van der Waals surface area contributed by atoms with Crippen molar-refractivity contribution in [1.82, 2.24) is 25.5 Å². The topological polar surface area (TPSA) is 63.1 Å². The number of ether oxygens (including phenoxy) is 1. The molecule has 2 unspecified atom stereocenters. The summed E-state index contributed by atoms with van der Waals surface area (Å²) < 4.78 is 8.89. The van der Waals surface area contributed by atoms with Crippen molar-refractivity contribution in [3.63, 3.8) is 0 Å². The van der Waals surface area contributed by atoms with Crippen molar-refractivity contribution < 1.29 is 4.74 Å². The first kappa shape index (κ1) is 29.5. The highest BCUT2D eigenvalue weighted by molar-refractivity contribution is 6.13. The van der Waals surface area contributed by atoms with Gasteiger partial charge in [0.25, 0.3) is 0 Å². The molecule has 5 heterocycles. The Kier molecular flexibility index (Phi) is 7.06. The van der Waals surface area contributed by atoms with Crippen LogP contribution in [0.25, 0.3) is 44.3 Å². The highest BCUT2D eigenvalue weighted by Gasteiger charge is 2.33. The molecular weight excluding hydrogens is 627 g/mol. The number of dihydropyridines is 1. The smallest absolute Gasteiger partial charge is 0.152 e. The lowest BCUT2D eigenvalue weighted by Crippen LogP contribution is -2.47. The Balaban J connectivity index is 1.01. The zero-order valence-corrected chi connectivity index (χ0v) is 27.8. The van der Waals surface area contributed by atoms with Gasteiger partial charge in [-0.1, -0.05) is 91.0 Å². The number of aromatic nitrogens is 2. The van der Waals surface area contributed by atoms with Crippen molar-refractivity contribution in [3.05, 3.63) is 192 Å². The first-order chi connectivity index (χ1) is 25.3. The predicted octanol–water partition coefficient (Wildman–Crippen LogP) is 8.97. The van der Waals surface area contributed by atoms with E-state index in [0.717, 1.165) is 40.3 Å². The summed E-state index contributed by atoms with van der Waals surface area (Å²) >= 11 is 0. The third kappa shape index (κ3) is 5.11. The average Bonchev–Trinajstić information content (AvgIpc) is 3.53. The minimum absolute atomic E-state index is 0.00517. The molecule has 6 heteroatoms. The molecule has 0 radical (unpaired) electrons. The van der Waals surface area contributed by atoms with Gasteiger partial charge >= 0.3 is 0 Å². The maximum Gasteiger partial charge on any atom is 0.152 e. The lowest BCUT2D eigenvalue weighted by molar-refractivity contribution is 0.190. The van der Waals surface area contributed by atoms with E-state index in [9.17, 15) is 0 Å². The van der Waals surface area contributed by atoms with E-state index in [1.807, 2.05) is 36.8 Å². The lowest BCUT2D eigenvalue weighted by atomic mass is 9.93. The van der Waals surface area contributed by atoms with Crippen LogP contribution >= 0.6 is 0 Å². The van der Waals surface area contributed by atoms with E-state index < -0.39 is 0 Å². The van der Waals surface area contributed by atoms with Crippen LogP contribution in [0.4, 0.5) is 0 Å². The molecule has 7 aromatic rings. The van der Waals surface area contributed by atoms with Crippen LogP contribution in [0, 0.1) is 0 Å². The molecule has 5 aromatic carbocycles. The molecule has 0 saturated carbocycles. The summed E-state index contributed by atoms with van der Waals surface area (Å²) in [6.07, 6.45) is 12.3. The summed E-state index contributed by atoms with van der Waals surface area (Å²) in [5, 5.41) is 13.3. The summed E-state index contributed by atoms with van der Waals surface area (Å²) in [5.74, 6) is 0.991. The third-order valence-electron chi connectivity index (χ3n) is 10.3. The lowest BCUT2D eigenvalue weighted by Gasteiger charge is -2.34. The van der Waals surface area contributed by atoms with Crippen LogP contribution < -0.4 is 20.7 Å². The number of nitrogens with one attached hydrogen (secondary N) is 3. The summed E-state index contributed by atoms with van der Waals surface area (Å²) in [6, 6.07) is 45.5. The first-order valence-electron chi connectivity index (χ1n) is 17.5. The molecule has 3 atom stereocenters. The second-order valence-corrected chi connectivity index (χ2v) is 13.3. The van der Waals surface area contributed by atoms with Crippen LogP contribution in [0.2, 0.25) is 0 Å². The van der Waals surface area contributed by atoms with Gasteiger partial charge in [0.05, 0.1) is 22.5 Å². The van der Waals surface area contributed by atoms with E-state index >= 15 is 0 Å². The van der Waals surface area contributed by atoms with Crippen LogP contribution in [0.5, 0.6) is 5.75 Å². The summed E-state index contributed by atoms with van der Waals surface area (Å²) in [7, 11) is 0. The van der Waals surface area contributed by atoms with Gasteiger partial charge in [0.1, 0.15) is 11.9 Å². The minimum Gasteiger partial charge on any atom is -0.480 e. The van der Waals surface area contributed by atoms with Gasteiger partial charge in [-0.25, -0.2) is 0 Å². The maximum absolute atomic E-state index is 6.53. The molecule has 2 aromatic heterocycles. The number of hydrogen-bond donors (Lipinski definition) is 3. The van der Waals surface area contributed by atoms with Crippen LogP contribution in [0.1, 0.15) is 34.4 Å². The van der Waals surface area contributed by atoms with Gasteiger partial charge in [0, 0.05) is 41.3 Å². The van der Waals surface area contributed by atoms with Crippen molar-refractivity contribution in [3.8, 4) is 22.6 Å². The largest absolute Gasteiger partial charge is 0.480 e. The quantitative estimate of drug-likeness (QED) is 0.166. The van der Waals surface area contributed by atoms with Crippen molar-refractivity contribution in [2.24, 2.45) is 0 Å². The zero-order chi connectivity index (χ0) is 33.7. The molecule has 3 aliphatic heterocycles. The molecule has 0 fully saturated rings. The highest BCUT2D eigenvalue weighted by Crippen LogP contribution is 2.50. The SMILES string of the molecule is C1=CC(C2NC(c3ccc(-c4ccncc4)cc3)=CC(c3ccc(-n4c5ccccc5c5c6c(ccc54)[C@H](c4ccccc4)O6)cc3)N2)=CCN1. The van der Waals surface area contributed by atoms with E-state index in [1.165, 1.54) is 44.1 Å². The molecule has 0 amide bonds. The summed E-state index contributed by atoms with van der Waals surface area (Å²) in [5.41, 5.74) is 12.9.